The SMILES string of the molecule is Cc1cccc2[nH]cc(C(C)n3c(=O)n(C(C)(C)C(=O)O)c(=O)c4ccccc43)c12. The second-order valence-electron chi connectivity index (χ2n) is 8.09. The van der Waals surface area contributed by atoms with Gasteiger partial charge in [-0.25, -0.2) is 14.2 Å². The largest absolute Gasteiger partial charge is 0.480 e. The zero-order valence-corrected chi connectivity index (χ0v) is 17.3. The van der Waals surface area contributed by atoms with Gasteiger partial charge in [-0.15, -0.1) is 0 Å². The summed E-state index contributed by atoms with van der Waals surface area (Å²) in [4.78, 5) is 41.8. The number of nitrogens with zero attached hydrogens (tertiary/aromatic N) is 2. The van der Waals surface area contributed by atoms with Gasteiger partial charge in [0.15, 0.2) is 0 Å². The number of nitrogens with one attached hydrogen (secondary N) is 1. The van der Waals surface area contributed by atoms with Gasteiger partial charge >= 0.3 is 11.7 Å². The molecule has 154 valence electrons. The molecule has 2 aromatic carbocycles. The van der Waals surface area contributed by atoms with Gasteiger partial charge in [0.2, 0.25) is 0 Å². The molecule has 0 spiro atoms. The fourth-order valence-corrected chi connectivity index (χ4v) is 4.11. The van der Waals surface area contributed by atoms with Crippen LogP contribution < -0.4 is 11.2 Å². The molecule has 7 nitrogen and oxygen atoms in total. The number of aromatic amines is 1. The molecule has 4 aromatic rings. The van der Waals surface area contributed by atoms with E-state index in [2.05, 4.69) is 4.98 Å². The van der Waals surface area contributed by atoms with Crippen LogP contribution >= 0.6 is 0 Å². The Morgan fingerprint density at radius 3 is 2.50 bits per heavy atom. The molecule has 2 aromatic heterocycles. The fourth-order valence-electron chi connectivity index (χ4n) is 4.11. The lowest BCUT2D eigenvalue weighted by Crippen LogP contribution is -2.53. The van der Waals surface area contributed by atoms with Crippen LogP contribution in [0.5, 0.6) is 0 Å². The van der Waals surface area contributed by atoms with E-state index >= 15 is 0 Å². The zero-order chi connectivity index (χ0) is 21.8. The molecule has 0 fully saturated rings. The van der Waals surface area contributed by atoms with Crippen molar-refractivity contribution in [3.8, 4) is 0 Å². The molecule has 0 amide bonds. The molecule has 1 atom stereocenters. The van der Waals surface area contributed by atoms with Gasteiger partial charge in [-0.1, -0.05) is 24.3 Å². The number of fused-ring (bicyclic) bond motifs is 2. The van der Waals surface area contributed by atoms with Gasteiger partial charge in [0, 0.05) is 22.7 Å². The molecule has 4 rings (SSSR count). The number of hydrogen-bond acceptors (Lipinski definition) is 3. The third kappa shape index (κ3) is 2.69. The van der Waals surface area contributed by atoms with Gasteiger partial charge in [0.1, 0.15) is 5.54 Å². The Morgan fingerprint density at radius 2 is 1.80 bits per heavy atom. The summed E-state index contributed by atoms with van der Waals surface area (Å²) in [6, 6.07) is 12.3. The molecule has 0 radical (unpaired) electrons. The summed E-state index contributed by atoms with van der Waals surface area (Å²) in [7, 11) is 0. The van der Waals surface area contributed by atoms with E-state index in [-0.39, 0.29) is 0 Å². The van der Waals surface area contributed by atoms with Crippen molar-refractivity contribution in [2.75, 3.05) is 0 Å². The van der Waals surface area contributed by atoms with Crippen molar-refractivity contribution in [3.63, 3.8) is 0 Å². The number of hydrogen-bond donors (Lipinski definition) is 2. The molecule has 0 aliphatic heterocycles. The quantitative estimate of drug-likeness (QED) is 0.544. The Bertz CT molecular complexity index is 1420. The highest BCUT2D eigenvalue weighted by Gasteiger charge is 2.35. The molecule has 0 bridgehead atoms. The number of carboxylic acid groups (broad SMARTS) is 1. The van der Waals surface area contributed by atoms with Crippen LogP contribution in [0.15, 0.2) is 58.3 Å². The predicted molar refractivity (Wildman–Crippen MR) is 116 cm³/mol. The van der Waals surface area contributed by atoms with Gasteiger partial charge in [0.05, 0.1) is 16.9 Å². The normalized spacial score (nSPS) is 13.1. The Balaban J connectivity index is 2.12. The molecule has 7 heteroatoms. The van der Waals surface area contributed by atoms with Crippen molar-refractivity contribution in [3.05, 3.63) is 80.6 Å². The highest BCUT2D eigenvalue weighted by molar-refractivity contribution is 5.87. The van der Waals surface area contributed by atoms with Gasteiger partial charge in [-0.05, 0) is 51.5 Å². The van der Waals surface area contributed by atoms with Crippen LogP contribution in [0.25, 0.3) is 21.8 Å². The topological polar surface area (TPSA) is 97.1 Å². The number of para-hydroxylation sites is 1. The Labute approximate surface area is 172 Å². The highest BCUT2D eigenvalue weighted by Crippen LogP contribution is 2.30. The summed E-state index contributed by atoms with van der Waals surface area (Å²) in [6.07, 6.45) is 1.86. The molecule has 0 aliphatic carbocycles. The minimum absolute atomic E-state index is 0.301. The van der Waals surface area contributed by atoms with E-state index in [1.807, 2.05) is 38.2 Å². The average molecular weight is 405 g/mol. The van der Waals surface area contributed by atoms with Crippen LogP contribution in [0.1, 0.15) is 37.9 Å². The van der Waals surface area contributed by atoms with Gasteiger partial charge in [0.25, 0.3) is 5.56 Å². The number of aliphatic carboxylic acids is 1. The van der Waals surface area contributed by atoms with Crippen LogP contribution in [0.3, 0.4) is 0 Å². The van der Waals surface area contributed by atoms with Crippen molar-refractivity contribution in [2.45, 2.75) is 39.3 Å². The molecule has 0 saturated heterocycles. The van der Waals surface area contributed by atoms with Crippen LogP contribution in [0.4, 0.5) is 0 Å². The number of H-pyrrole nitrogens is 1. The van der Waals surface area contributed by atoms with Crippen molar-refractivity contribution >= 4 is 27.8 Å². The van der Waals surface area contributed by atoms with Crippen molar-refractivity contribution in [1.82, 2.24) is 14.1 Å². The maximum absolute atomic E-state index is 13.6. The number of aromatic nitrogens is 3. The second-order valence-corrected chi connectivity index (χ2v) is 8.09. The fraction of sp³-hybridized carbons (Fsp3) is 0.261. The van der Waals surface area contributed by atoms with Gasteiger partial charge in [-0.3, -0.25) is 9.36 Å². The third-order valence-corrected chi connectivity index (χ3v) is 5.86. The number of rotatable bonds is 4. The van der Waals surface area contributed by atoms with Crippen molar-refractivity contribution in [1.29, 1.82) is 0 Å². The van der Waals surface area contributed by atoms with E-state index in [0.29, 0.717) is 10.9 Å². The van der Waals surface area contributed by atoms with E-state index in [9.17, 15) is 19.5 Å². The lowest BCUT2D eigenvalue weighted by molar-refractivity contribution is -0.146. The summed E-state index contributed by atoms with van der Waals surface area (Å²) in [6.45, 7) is 6.60. The van der Waals surface area contributed by atoms with Gasteiger partial charge in [-0.2, -0.15) is 0 Å². The molecule has 2 heterocycles. The van der Waals surface area contributed by atoms with E-state index in [1.165, 1.54) is 18.4 Å². The molecular weight excluding hydrogens is 382 g/mol. The van der Waals surface area contributed by atoms with E-state index in [1.54, 1.807) is 24.3 Å². The first-order valence-electron chi connectivity index (χ1n) is 9.73. The van der Waals surface area contributed by atoms with E-state index in [4.69, 9.17) is 0 Å². The molecule has 0 aliphatic rings. The minimum Gasteiger partial charge on any atom is -0.480 e. The maximum atomic E-state index is 13.6. The monoisotopic (exact) mass is 405 g/mol. The lowest BCUT2D eigenvalue weighted by Gasteiger charge is -2.26. The minimum atomic E-state index is -1.70. The molecule has 1 unspecified atom stereocenters. The van der Waals surface area contributed by atoms with E-state index < -0.39 is 28.8 Å². The Hall–Kier alpha value is -3.61. The first-order valence-corrected chi connectivity index (χ1v) is 9.73. The Kier molecular flexibility index (Phi) is 4.42. The summed E-state index contributed by atoms with van der Waals surface area (Å²) < 4.78 is 2.35. The first-order chi connectivity index (χ1) is 14.2. The molecule has 2 N–H and O–H groups in total. The standard InChI is InChI=1S/C23H23N3O4/c1-13-8-7-10-17-19(13)16(12-24-17)14(2)25-18-11-6-5-9-15(18)20(27)26(22(25)30)23(3,4)21(28)29/h5-12,14,24H,1-4H3,(H,28,29). The van der Waals surface area contributed by atoms with E-state index in [0.717, 1.165) is 26.6 Å². The van der Waals surface area contributed by atoms with Crippen LogP contribution in [0, 0.1) is 6.92 Å². The number of aryl methyl sites for hydroxylation is 1. The number of carboxylic acids is 1. The molecular formula is C23H23N3O4. The summed E-state index contributed by atoms with van der Waals surface area (Å²) in [5, 5.41) is 11.0. The van der Waals surface area contributed by atoms with Crippen LogP contribution in [-0.2, 0) is 10.3 Å². The van der Waals surface area contributed by atoms with Crippen molar-refractivity contribution < 1.29 is 9.90 Å². The van der Waals surface area contributed by atoms with Crippen LogP contribution in [-0.4, -0.2) is 25.2 Å². The Morgan fingerprint density at radius 1 is 1.10 bits per heavy atom. The first kappa shape index (κ1) is 19.7. The third-order valence-electron chi connectivity index (χ3n) is 5.86. The number of benzene rings is 2. The second kappa shape index (κ2) is 6.73. The zero-order valence-electron chi connectivity index (χ0n) is 17.3. The summed E-state index contributed by atoms with van der Waals surface area (Å²) in [5.41, 5.74) is 0.424. The van der Waals surface area contributed by atoms with Gasteiger partial charge < -0.3 is 10.1 Å². The predicted octanol–water partition coefficient (Wildman–Crippen LogP) is 3.38. The smallest absolute Gasteiger partial charge is 0.333 e. The summed E-state index contributed by atoms with van der Waals surface area (Å²) in [5.74, 6) is -1.25. The van der Waals surface area contributed by atoms with Crippen LogP contribution in [0.2, 0.25) is 0 Å². The molecule has 0 saturated carbocycles. The maximum Gasteiger partial charge on any atom is 0.333 e. The lowest BCUT2D eigenvalue weighted by atomic mass is 10.0. The molecule has 30 heavy (non-hydrogen) atoms. The summed E-state index contributed by atoms with van der Waals surface area (Å²) >= 11 is 0. The highest BCUT2D eigenvalue weighted by atomic mass is 16.4. The number of carbonyl (C=O) groups is 1. The average Bonchev–Trinajstić information content (AvgIpc) is 3.13. The van der Waals surface area contributed by atoms with Crippen molar-refractivity contribution in [2.24, 2.45) is 0 Å².